The number of benzene rings is 2. The van der Waals surface area contributed by atoms with Crippen molar-refractivity contribution in [1.82, 2.24) is 5.32 Å². The Morgan fingerprint density at radius 3 is 2.58 bits per heavy atom. The van der Waals surface area contributed by atoms with Crippen molar-refractivity contribution in [3.05, 3.63) is 71.0 Å². The topological polar surface area (TPSA) is 12.0 Å². The Bertz CT molecular complexity index is 536. The largest absolute Gasteiger partial charge is 0.306 e. The van der Waals surface area contributed by atoms with Crippen LogP contribution in [0.2, 0.25) is 0 Å². The van der Waals surface area contributed by atoms with E-state index in [-0.39, 0.29) is 11.9 Å². The maximum atomic E-state index is 13.4. The zero-order valence-electron chi connectivity index (χ0n) is 11.5. The van der Waals surface area contributed by atoms with E-state index in [9.17, 15) is 4.39 Å². The lowest BCUT2D eigenvalue weighted by Gasteiger charge is -2.21. The molecule has 100 valence electrons. The lowest BCUT2D eigenvalue weighted by molar-refractivity contribution is 0.584. The van der Waals surface area contributed by atoms with E-state index in [1.807, 2.05) is 18.2 Å². The molecule has 0 aliphatic heterocycles. The summed E-state index contributed by atoms with van der Waals surface area (Å²) < 4.78 is 13.4. The second-order valence-electron chi connectivity index (χ2n) is 4.80. The van der Waals surface area contributed by atoms with Crippen molar-refractivity contribution in [1.29, 1.82) is 0 Å². The van der Waals surface area contributed by atoms with E-state index >= 15 is 0 Å². The summed E-state index contributed by atoms with van der Waals surface area (Å²) in [4.78, 5) is 0. The maximum Gasteiger partial charge on any atom is 0.123 e. The molecule has 2 aromatic carbocycles. The van der Waals surface area contributed by atoms with Gasteiger partial charge in [0.05, 0.1) is 6.04 Å². The number of rotatable bonds is 5. The lowest BCUT2D eigenvalue weighted by atomic mass is 9.95. The summed E-state index contributed by atoms with van der Waals surface area (Å²) in [5, 5.41) is 3.50. The summed E-state index contributed by atoms with van der Waals surface area (Å²) in [6.45, 7) is 5.14. The highest BCUT2D eigenvalue weighted by Crippen LogP contribution is 2.25. The lowest BCUT2D eigenvalue weighted by Crippen LogP contribution is -2.24. The fraction of sp³-hybridized carbons (Fsp3) is 0.294. The summed E-state index contributed by atoms with van der Waals surface area (Å²) in [5.74, 6) is -0.186. The van der Waals surface area contributed by atoms with Crippen LogP contribution in [0.3, 0.4) is 0 Å². The van der Waals surface area contributed by atoms with Crippen LogP contribution in [-0.2, 0) is 0 Å². The van der Waals surface area contributed by atoms with E-state index in [2.05, 4.69) is 31.3 Å². The van der Waals surface area contributed by atoms with Gasteiger partial charge in [0.1, 0.15) is 5.82 Å². The quantitative estimate of drug-likeness (QED) is 0.845. The number of hydrogen-bond donors (Lipinski definition) is 1. The molecule has 0 saturated carbocycles. The van der Waals surface area contributed by atoms with Crippen molar-refractivity contribution in [3.63, 3.8) is 0 Å². The third-order valence-electron chi connectivity index (χ3n) is 3.28. The summed E-state index contributed by atoms with van der Waals surface area (Å²) in [6.07, 6.45) is 1.05. The highest BCUT2D eigenvalue weighted by molar-refractivity contribution is 5.36. The summed E-state index contributed by atoms with van der Waals surface area (Å²) >= 11 is 0. The first-order chi connectivity index (χ1) is 9.22. The van der Waals surface area contributed by atoms with Gasteiger partial charge in [-0.25, -0.2) is 4.39 Å². The van der Waals surface area contributed by atoms with Crippen LogP contribution in [0.1, 0.15) is 36.1 Å². The molecule has 0 aliphatic rings. The van der Waals surface area contributed by atoms with Crippen LogP contribution >= 0.6 is 0 Å². The van der Waals surface area contributed by atoms with Crippen molar-refractivity contribution < 1.29 is 4.39 Å². The highest BCUT2D eigenvalue weighted by atomic mass is 19.1. The van der Waals surface area contributed by atoms with Gasteiger partial charge < -0.3 is 5.32 Å². The van der Waals surface area contributed by atoms with Gasteiger partial charge in [-0.15, -0.1) is 0 Å². The number of nitrogens with one attached hydrogen (secondary N) is 1. The summed E-state index contributed by atoms with van der Waals surface area (Å²) in [5.41, 5.74) is 3.41. The standard InChI is InChI=1S/C17H20FN/c1-3-11-19-17(14-8-6-9-15(18)12-14)16-10-5-4-7-13(16)2/h4-10,12,17,19H,3,11H2,1-2H3. The Kier molecular flexibility index (Phi) is 4.69. The zero-order valence-corrected chi connectivity index (χ0v) is 11.5. The van der Waals surface area contributed by atoms with Crippen LogP contribution in [0.25, 0.3) is 0 Å². The van der Waals surface area contributed by atoms with Crippen LogP contribution in [0.4, 0.5) is 4.39 Å². The fourth-order valence-electron chi connectivity index (χ4n) is 2.29. The van der Waals surface area contributed by atoms with Crippen molar-refractivity contribution >= 4 is 0 Å². The van der Waals surface area contributed by atoms with E-state index in [0.717, 1.165) is 18.5 Å². The van der Waals surface area contributed by atoms with Gasteiger partial charge in [-0.1, -0.05) is 43.3 Å². The normalized spacial score (nSPS) is 12.4. The second-order valence-corrected chi connectivity index (χ2v) is 4.80. The molecule has 0 fully saturated rings. The Morgan fingerprint density at radius 2 is 1.89 bits per heavy atom. The third-order valence-corrected chi connectivity index (χ3v) is 3.28. The van der Waals surface area contributed by atoms with Gasteiger partial charge in [0.25, 0.3) is 0 Å². The Morgan fingerprint density at radius 1 is 1.11 bits per heavy atom. The van der Waals surface area contributed by atoms with E-state index < -0.39 is 0 Å². The molecule has 0 heterocycles. The van der Waals surface area contributed by atoms with Crippen molar-refractivity contribution in [2.45, 2.75) is 26.3 Å². The molecule has 2 heteroatoms. The molecule has 0 saturated heterocycles. The first kappa shape index (κ1) is 13.8. The van der Waals surface area contributed by atoms with E-state index in [1.54, 1.807) is 12.1 Å². The molecular formula is C17H20FN. The zero-order chi connectivity index (χ0) is 13.7. The molecule has 0 aliphatic carbocycles. The number of hydrogen-bond acceptors (Lipinski definition) is 1. The van der Waals surface area contributed by atoms with Crippen LogP contribution in [0.15, 0.2) is 48.5 Å². The third kappa shape index (κ3) is 3.42. The molecular weight excluding hydrogens is 237 g/mol. The maximum absolute atomic E-state index is 13.4. The Labute approximate surface area is 114 Å². The minimum atomic E-state index is -0.186. The van der Waals surface area contributed by atoms with Crippen molar-refractivity contribution in [2.24, 2.45) is 0 Å². The van der Waals surface area contributed by atoms with Crippen molar-refractivity contribution in [2.75, 3.05) is 6.54 Å². The van der Waals surface area contributed by atoms with Gasteiger partial charge in [-0.05, 0) is 48.7 Å². The molecule has 2 rings (SSSR count). The molecule has 1 N–H and O–H groups in total. The van der Waals surface area contributed by atoms with Crippen LogP contribution < -0.4 is 5.32 Å². The Hall–Kier alpha value is -1.67. The van der Waals surface area contributed by atoms with Crippen molar-refractivity contribution in [3.8, 4) is 0 Å². The van der Waals surface area contributed by atoms with Gasteiger partial charge in [0.2, 0.25) is 0 Å². The number of halogens is 1. The molecule has 1 nitrogen and oxygen atoms in total. The fourth-order valence-corrected chi connectivity index (χ4v) is 2.29. The predicted molar refractivity (Wildman–Crippen MR) is 77.7 cm³/mol. The SMILES string of the molecule is CCCNC(c1cccc(F)c1)c1ccccc1C. The molecule has 0 radical (unpaired) electrons. The molecule has 1 atom stereocenters. The van der Waals surface area contributed by atoms with Gasteiger partial charge in [0.15, 0.2) is 0 Å². The average molecular weight is 257 g/mol. The average Bonchev–Trinajstić information content (AvgIpc) is 2.41. The summed E-state index contributed by atoms with van der Waals surface area (Å²) in [6, 6.07) is 15.1. The Balaban J connectivity index is 2.38. The van der Waals surface area contributed by atoms with E-state index in [4.69, 9.17) is 0 Å². The minimum absolute atomic E-state index is 0.0526. The molecule has 0 aromatic heterocycles. The van der Waals surface area contributed by atoms with Crippen LogP contribution in [-0.4, -0.2) is 6.54 Å². The molecule has 0 spiro atoms. The summed E-state index contributed by atoms with van der Waals surface area (Å²) in [7, 11) is 0. The van der Waals surface area contributed by atoms with Gasteiger partial charge in [-0.2, -0.15) is 0 Å². The minimum Gasteiger partial charge on any atom is -0.306 e. The molecule has 2 aromatic rings. The van der Waals surface area contributed by atoms with Gasteiger partial charge in [0, 0.05) is 0 Å². The molecule has 0 bridgehead atoms. The van der Waals surface area contributed by atoms with E-state index in [1.165, 1.54) is 17.2 Å². The van der Waals surface area contributed by atoms with Gasteiger partial charge >= 0.3 is 0 Å². The first-order valence-electron chi connectivity index (χ1n) is 6.76. The monoisotopic (exact) mass is 257 g/mol. The highest BCUT2D eigenvalue weighted by Gasteiger charge is 2.15. The molecule has 19 heavy (non-hydrogen) atoms. The van der Waals surface area contributed by atoms with Gasteiger partial charge in [-0.3, -0.25) is 0 Å². The van der Waals surface area contributed by atoms with Crippen LogP contribution in [0, 0.1) is 12.7 Å². The molecule has 0 amide bonds. The van der Waals surface area contributed by atoms with Crippen LogP contribution in [0.5, 0.6) is 0 Å². The number of aryl methyl sites for hydroxylation is 1. The predicted octanol–water partition coefficient (Wildman–Crippen LogP) is 4.22. The molecule has 1 unspecified atom stereocenters. The second kappa shape index (κ2) is 6.48. The first-order valence-corrected chi connectivity index (χ1v) is 6.76. The van der Waals surface area contributed by atoms with E-state index in [0.29, 0.717) is 0 Å². The smallest absolute Gasteiger partial charge is 0.123 e.